The summed E-state index contributed by atoms with van der Waals surface area (Å²) in [7, 11) is 6.17. The van der Waals surface area contributed by atoms with Crippen LogP contribution in [0.25, 0.3) is 0 Å². The number of piperidine rings is 1. The van der Waals surface area contributed by atoms with Gasteiger partial charge in [-0.3, -0.25) is 29.4 Å². The molecule has 1 aromatic carbocycles. The van der Waals surface area contributed by atoms with E-state index in [4.69, 9.17) is 0 Å². The Balaban J connectivity index is 1.90. The van der Waals surface area contributed by atoms with E-state index in [1.54, 1.807) is 12.1 Å². The maximum absolute atomic E-state index is 13.1. The second kappa shape index (κ2) is 9.18. The second-order valence-corrected chi connectivity index (χ2v) is 8.58. The molecule has 0 spiro atoms. The van der Waals surface area contributed by atoms with Crippen LogP contribution in [-0.2, 0) is 9.59 Å². The molecule has 3 rings (SSSR count). The Labute approximate surface area is 183 Å². The van der Waals surface area contributed by atoms with Gasteiger partial charge in [0.25, 0.3) is 11.8 Å². The van der Waals surface area contributed by atoms with Crippen molar-refractivity contribution in [2.24, 2.45) is 0 Å². The van der Waals surface area contributed by atoms with Gasteiger partial charge in [-0.2, -0.15) is 0 Å². The zero-order valence-corrected chi connectivity index (χ0v) is 19.0. The third-order valence-electron chi connectivity index (χ3n) is 6.44. The van der Waals surface area contributed by atoms with Crippen molar-refractivity contribution in [2.45, 2.75) is 64.1 Å². The van der Waals surface area contributed by atoms with Crippen LogP contribution in [0.5, 0.6) is 0 Å². The first-order valence-corrected chi connectivity index (χ1v) is 11.0. The Morgan fingerprint density at radius 1 is 1.03 bits per heavy atom. The zero-order chi connectivity index (χ0) is 22.9. The summed E-state index contributed by atoms with van der Waals surface area (Å²) in [5.41, 5.74) is 1.48. The van der Waals surface area contributed by atoms with E-state index in [1.807, 2.05) is 13.1 Å². The van der Waals surface area contributed by atoms with E-state index in [9.17, 15) is 19.2 Å². The van der Waals surface area contributed by atoms with Crippen molar-refractivity contribution < 1.29 is 19.2 Å². The monoisotopic (exact) mass is 428 g/mol. The number of anilines is 1. The van der Waals surface area contributed by atoms with Gasteiger partial charge < -0.3 is 9.80 Å². The van der Waals surface area contributed by atoms with Gasteiger partial charge in [-0.05, 0) is 51.6 Å². The highest BCUT2D eigenvalue weighted by Crippen LogP contribution is 2.32. The smallest absolute Gasteiger partial charge is 0.262 e. The lowest BCUT2D eigenvalue weighted by Gasteiger charge is -2.39. The Hall–Kier alpha value is -2.74. The predicted molar refractivity (Wildman–Crippen MR) is 118 cm³/mol. The molecule has 0 bridgehead atoms. The predicted octanol–water partition coefficient (Wildman–Crippen LogP) is 2.03. The molecule has 2 heterocycles. The maximum Gasteiger partial charge on any atom is 0.262 e. The van der Waals surface area contributed by atoms with Crippen LogP contribution in [-0.4, -0.2) is 72.7 Å². The molecule has 0 radical (unpaired) electrons. The topological polar surface area (TPSA) is 90.0 Å². The minimum Gasteiger partial charge on any atom is -0.370 e. The lowest BCUT2D eigenvalue weighted by Crippen LogP contribution is -2.54. The number of likely N-dealkylation sites (N-methyl/N-ethyl adjacent to an activating group) is 2. The van der Waals surface area contributed by atoms with Crippen molar-refractivity contribution in [1.29, 1.82) is 0 Å². The first-order chi connectivity index (χ1) is 14.7. The lowest BCUT2D eigenvalue weighted by atomic mass is 9.97. The van der Waals surface area contributed by atoms with Crippen LogP contribution in [0, 0.1) is 0 Å². The normalized spacial score (nSPS) is 20.7. The van der Waals surface area contributed by atoms with Crippen LogP contribution in [0.15, 0.2) is 18.2 Å². The molecule has 1 saturated heterocycles. The largest absolute Gasteiger partial charge is 0.370 e. The van der Waals surface area contributed by atoms with E-state index in [-0.39, 0.29) is 24.8 Å². The highest BCUT2D eigenvalue weighted by atomic mass is 16.2. The third-order valence-corrected chi connectivity index (χ3v) is 6.44. The van der Waals surface area contributed by atoms with Gasteiger partial charge >= 0.3 is 0 Å². The average molecular weight is 429 g/mol. The van der Waals surface area contributed by atoms with E-state index in [0.717, 1.165) is 29.8 Å². The molecule has 31 heavy (non-hydrogen) atoms. The number of hydrogen-bond acceptors (Lipinski definition) is 6. The Bertz CT molecular complexity index is 898. The molecule has 4 amide bonds. The van der Waals surface area contributed by atoms with Gasteiger partial charge in [-0.15, -0.1) is 0 Å². The number of nitrogens with zero attached hydrogens (tertiary/aromatic N) is 3. The van der Waals surface area contributed by atoms with Crippen LogP contribution < -0.4 is 10.2 Å². The summed E-state index contributed by atoms with van der Waals surface area (Å²) in [5.74, 6) is -1.93. The number of carbonyl (C=O) groups excluding carboxylic acids is 4. The fraction of sp³-hybridized carbons (Fsp3) is 0.565. The van der Waals surface area contributed by atoms with Crippen LogP contribution in [0.1, 0.15) is 66.7 Å². The molecule has 1 fully saturated rings. The molecule has 0 aromatic heterocycles. The molecular weight excluding hydrogens is 396 g/mol. The Morgan fingerprint density at radius 3 is 2.29 bits per heavy atom. The lowest BCUT2D eigenvalue weighted by molar-refractivity contribution is -0.136. The number of rotatable bonds is 8. The fourth-order valence-electron chi connectivity index (χ4n) is 4.79. The molecule has 0 aliphatic carbocycles. The molecule has 8 nitrogen and oxygen atoms in total. The van der Waals surface area contributed by atoms with Gasteiger partial charge in [0.1, 0.15) is 6.04 Å². The van der Waals surface area contributed by atoms with Crippen molar-refractivity contribution in [3.05, 3.63) is 29.3 Å². The minimum atomic E-state index is -0.947. The summed E-state index contributed by atoms with van der Waals surface area (Å²) >= 11 is 0. The summed E-state index contributed by atoms with van der Waals surface area (Å²) < 4.78 is 0. The molecular formula is C23H32N4O4. The Morgan fingerprint density at radius 2 is 1.71 bits per heavy atom. The molecule has 0 saturated carbocycles. The van der Waals surface area contributed by atoms with E-state index < -0.39 is 23.8 Å². The number of imide groups is 2. The highest BCUT2D eigenvalue weighted by Gasteiger charge is 2.44. The summed E-state index contributed by atoms with van der Waals surface area (Å²) in [6.07, 6.45) is 3.29. The van der Waals surface area contributed by atoms with E-state index >= 15 is 0 Å². The molecule has 3 atom stereocenters. The fourth-order valence-corrected chi connectivity index (χ4v) is 4.79. The summed E-state index contributed by atoms with van der Waals surface area (Å²) in [5, 5.41) is 2.23. The van der Waals surface area contributed by atoms with Gasteiger partial charge in [0.2, 0.25) is 11.8 Å². The molecule has 168 valence electrons. The van der Waals surface area contributed by atoms with Crippen LogP contribution >= 0.6 is 0 Å². The quantitative estimate of drug-likeness (QED) is 0.638. The van der Waals surface area contributed by atoms with Crippen LogP contribution in [0.3, 0.4) is 0 Å². The highest BCUT2D eigenvalue weighted by molar-refractivity contribution is 6.23. The number of nitrogens with one attached hydrogen (secondary N) is 1. The SMILES string of the molecule is CCCC(C(CC)N(C)C)N(C)c1ccc2c(c1)C(=O)N(C1CCC(=O)NC1=O)C2=O. The molecule has 8 heteroatoms. The van der Waals surface area contributed by atoms with Crippen LogP contribution in [0.2, 0.25) is 0 Å². The first kappa shape index (κ1) is 22.9. The molecule has 1 aromatic rings. The molecule has 2 aliphatic rings. The van der Waals surface area contributed by atoms with Crippen LogP contribution in [0.4, 0.5) is 5.69 Å². The summed E-state index contributed by atoms with van der Waals surface area (Å²) in [4.78, 5) is 55.2. The van der Waals surface area contributed by atoms with E-state index in [2.05, 4.69) is 43.1 Å². The van der Waals surface area contributed by atoms with Gasteiger partial charge in [-0.25, -0.2) is 0 Å². The molecule has 2 aliphatic heterocycles. The standard InChI is InChI=1S/C23H32N4O4/c1-6-8-18(17(7-2)25(3)4)26(5)14-9-10-15-16(13-14)23(31)27(22(15)30)19-11-12-20(28)24-21(19)29/h9-10,13,17-19H,6-8,11-12H2,1-5H3,(H,24,28,29). The van der Waals surface area contributed by atoms with Crippen molar-refractivity contribution in [2.75, 3.05) is 26.0 Å². The van der Waals surface area contributed by atoms with Crippen molar-refractivity contribution in [1.82, 2.24) is 15.1 Å². The summed E-state index contributed by atoms with van der Waals surface area (Å²) in [6, 6.07) is 4.94. The van der Waals surface area contributed by atoms with E-state index in [0.29, 0.717) is 17.2 Å². The van der Waals surface area contributed by atoms with Crippen molar-refractivity contribution in [3.8, 4) is 0 Å². The van der Waals surface area contributed by atoms with Crippen molar-refractivity contribution in [3.63, 3.8) is 0 Å². The maximum atomic E-state index is 13.1. The van der Waals surface area contributed by atoms with Gasteiger partial charge in [-0.1, -0.05) is 20.3 Å². The van der Waals surface area contributed by atoms with Gasteiger partial charge in [0.15, 0.2) is 0 Å². The zero-order valence-electron chi connectivity index (χ0n) is 19.0. The number of amides is 4. The number of carbonyl (C=O) groups is 4. The minimum absolute atomic E-state index is 0.111. The Kier molecular flexibility index (Phi) is 6.79. The molecule has 3 unspecified atom stereocenters. The number of hydrogen-bond donors (Lipinski definition) is 1. The second-order valence-electron chi connectivity index (χ2n) is 8.58. The molecule has 1 N–H and O–H groups in total. The van der Waals surface area contributed by atoms with Crippen molar-refractivity contribution >= 4 is 29.3 Å². The van der Waals surface area contributed by atoms with Gasteiger partial charge in [0, 0.05) is 31.2 Å². The number of benzene rings is 1. The summed E-state index contributed by atoms with van der Waals surface area (Å²) in [6.45, 7) is 4.33. The number of fused-ring (bicyclic) bond motifs is 1. The van der Waals surface area contributed by atoms with Gasteiger partial charge in [0.05, 0.1) is 11.1 Å². The van der Waals surface area contributed by atoms with E-state index in [1.165, 1.54) is 0 Å². The average Bonchev–Trinajstić information content (AvgIpc) is 2.97. The first-order valence-electron chi connectivity index (χ1n) is 11.0. The third kappa shape index (κ3) is 4.21.